The molecule has 8 heteroatoms. The molecular formula is C18H17F3N4O. The molecule has 0 amide bonds. The maximum absolute atomic E-state index is 13.0. The molecule has 136 valence electrons. The summed E-state index contributed by atoms with van der Waals surface area (Å²) < 4.78 is 44.0. The first-order chi connectivity index (χ1) is 12.4. The molecule has 1 aliphatic heterocycles. The van der Waals surface area contributed by atoms with E-state index >= 15 is 0 Å². The van der Waals surface area contributed by atoms with E-state index < -0.39 is 11.7 Å². The van der Waals surface area contributed by atoms with Crippen LogP contribution in [0.2, 0.25) is 0 Å². The third-order valence-corrected chi connectivity index (χ3v) is 4.36. The predicted molar refractivity (Wildman–Crippen MR) is 91.4 cm³/mol. The number of halogens is 3. The summed E-state index contributed by atoms with van der Waals surface area (Å²) >= 11 is 0. The van der Waals surface area contributed by atoms with Crippen LogP contribution in [0.4, 0.5) is 24.5 Å². The molecule has 1 aromatic heterocycles. The van der Waals surface area contributed by atoms with Gasteiger partial charge in [0.25, 0.3) is 0 Å². The number of hydrogen-bond donors (Lipinski definition) is 0. The zero-order chi connectivity index (χ0) is 18.7. The van der Waals surface area contributed by atoms with Crippen LogP contribution in [0.5, 0.6) is 5.75 Å². The van der Waals surface area contributed by atoms with Gasteiger partial charge in [0.15, 0.2) is 5.69 Å². The summed E-state index contributed by atoms with van der Waals surface area (Å²) in [4.78, 5) is 7.61. The lowest BCUT2D eigenvalue weighted by atomic mass is 10.1. The van der Waals surface area contributed by atoms with Gasteiger partial charge in [0, 0.05) is 38.1 Å². The number of aromatic nitrogens is 1. The van der Waals surface area contributed by atoms with E-state index in [0.717, 1.165) is 17.5 Å². The number of hydrogen-bond acceptors (Lipinski definition) is 5. The first-order valence-electron chi connectivity index (χ1n) is 8.03. The number of nitriles is 1. The van der Waals surface area contributed by atoms with Gasteiger partial charge in [-0.15, -0.1) is 0 Å². The van der Waals surface area contributed by atoms with Crippen molar-refractivity contribution in [2.45, 2.75) is 6.18 Å². The lowest BCUT2D eigenvalue weighted by Gasteiger charge is -2.37. The highest BCUT2D eigenvalue weighted by molar-refractivity contribution is 5.59. The van der Waals surface area contributed by atoms with Gasteiger partial charge in [-0.2, -0.15) is 18.4 Å². The fourth-order valence-corrected chi connectivity index (χ4v) is 2.93. The van der Waals surface area contributed by atoms with Crippen molar-refractivity contribution in [3.63, 3.8) is 0 Å². The fourth-order valence-electron chi connectivity index (χ4n) is 2.93. The molecule has 26 heavy (non-hydrogen) atoms. The second-order valence-electron chi connectivity index (χ2n) is 5.87. The highest BCUT2D eigenvalue weighted by Crippen LogP contribution is 2.33. The second kappa shape index (κ2) is 7.12. The Hall–Kier alpha value is -2.95. The zero-order valence-corrected chi connectivity index (χ0v) is 14.1. The van der Waals surface area contributed by atoms with Crippen LogP contribution in [-0.2, 0) is 6.18 Å². The van der Waals surface area contributed by atoms with Crippen molar-refractivity contribution in [3.05, 3.63) is 47.8 Å². The topological polar surface area (TPSA) is 52.4 Å². The average Bonchev–Trinajstić information content (AvgIpc) is 2.67. The summed E-state index contributed by atoms with van der Waals surface area (Å²) in [7, 11) is 1.60. The van der Waals surface area contributed by atoms with E-state index in [0.29, 0.717) is 32.4 Å². The van der Waals surface area contributed by atoms with E-state index in [1.165, 1.54) is 0 Å². The van der Waals surface area contributed by atoms with Gasteiger partial charge in [0.2, 0.25) is 0 Å². The molecule has 0 spiro atoms. The molecule has 0 N–H and O–H groups in total. The SMILES string of the molecule is COc1ccc(N2CCN(c3cc(C(F)(F)F)cnc3C#N)CC2)cc1. The van der Waals surface area contributed by atoms with Crippen molar-refractivity contribution in [2.75, 3.05) is 43.1 Å². The second-order valence-corrected chi connectivity index (χ2v) is 5.87. The smallest absolute Gasteiger partial charge is 0.417 e. The molecule has 0 radical (unpaired) electrons. The van der Waals surface area contributed by atoms with Crippen LogP contribution >= 0.6 is 0 Å². The van der Waals surface area contributed by atoms with Gasteiger partial charge in [0.1, 0.15) is 11.8 Å². The minimum absolute atomic E-state index is 0.0101. The Bertz CT molecular complexity index is 807. The van der Waals surface area contributed by atoms with Crippen LogP contribution in [0.15, 0.2) is 36.5 Å². The summed E-state index contributed by atoms with van der Waals surface area (Å²) in [5.41, 5.74) is 0.421. The van der Waals surface area contributed by atoms with Crippen LogP contribution in [0.3, 0.4) is 0 Å². The lowest BCUT2D eigenvalue weighted by Crippen LogP contribution is -2.46. The van der Waals surface area contributed by atoms with Crippen LogP contribution in [0.25, 0.3) is 0 Å². The summed E-state index contributed by atoms with van der Waals surface area (Å²) in [6, 6.07) is 10.5. The van der Waals surface area contributed by atoms with Crippen LogP contribution in [0, 0.1) is 11.3 Å². The number of anilines is 2. The van der Waals surface area contributed by atoms with Gasteiger partial charge in [-0.25, -0.2) is 4.98 Å². The van der Waals surface area contributed by atoms with E-state index in [9.17, 15) is 18.4 Å². The summed E-state index contributed by atoms with van der Waals surface area (Å²) in [6.07, 6.45) is -3.78. The Balaban J connectivity index is 1.76. The van der Waals surface area contributed by atoms with Crippen molar-refractivity contribution >= 4 is 11.4 Å². The van der Waals surface area contributed by atoms with Crippen molar-refractivity contribution in [2.24, 2.45) is 0 Å². The molecule has 1 saturated heterocycles. The molecule has 2 aromatic rings. The number of ether oxygens (including phenoxy) is 1. The number of alkyl halides is 3. The Morgan fingerprint density at radius 2 is 1.69 bits per heavy atom. The maximum atomic E-state index is 13.0. The Labute approximate surface area is 149 Å². The minimum atomic E-state index is -4.49. The lowest BCUT2D eigenvalue weighted by molar-refractivity contribution is -0.137. The Morgan fingerprint density at radius 3 is 2.23 bits per heavy atom. The van der Waals surface area contributed by atoms with Crippen molar-refractivity contribution < 1.29 is 17.9 Å². The molecule has 3 rings (SSSR count). The number of methoxy groups -OCH3 is 1. The quantitative estimate of drug-likeness (QED) is 0.839. The van der Waals surface area contributed by atoms with E-state index in [4.69, 9.17) is 4.74 Å². The van der Waals surface area contributed by atoms with Crippen LogP contribution < -0.4 is 14.5 Å². The Morgan fingerprint density at radius 1 is 1.08 bits per heavy atom. The van der Waals surface area contributed by atoms with Gasteiger partial charge in [-0.1, -0.05) is 0 Å². The Kier molecular flexibility index (Phi) is 4.89. The molecule has 1 aromatic carbocycles. The number of nitrogens with zero attached hydrogens (tertiary/aromatic N) is 4. The number of rotatable bonds is 3. The third kappa shape index (κ3) is 3.67. The van der Waals surface area contributed by atoms with Crippen LogP contribution in [0.1, 0.15) is 11.3 Å². The van der Waals surface area contributed by atoms with E-state index in [1.54, 1.807) is 12.0 Å². The van der Waals surface area contributed by atoms with Crippen LogP contribution in [-0.4, -0.2) is 38.3 Å². The van der Waals surface area contributed by atoms with Gasteiger partial charge in [-0.3, -0.25) is 0 Å². The van der Waals surface area contributed by atoms with E-state index in [1.807, 2.05) is 30.3 Å². The van der Waals surface area contributed by atoms with Crippen molar-refractivity contribution in [1.82, 2.24) is 4.98 Å². The van der Waals surface area contributed by atoms with Crippen molar-refractivity contribution in [1.29, 1.82) is 5.26 Å². The molecule has 0 saturated carbocycles. The van der Waals surface area contributed by atoms with Gasteiger partial charge < -0.3 is 14.5 Å². The molecule has 0 bridgehead atoms. The van der Waals surface area contributed by atoms with Crippen molar-refractivity contribution in [3.8, 4) is 11.8 Å². The molecule has 1 fully saturated rings. The highest BCUT2D eigenvalue weighted by atomic mass is 19.4. The fraction of sp³-hybridized carbons (Fsp3) is 0.333. The number of benzene rings is 1. The largest absolute Gasteiger partial charge is 0.497 e. The molecule has 0 aliphatic carbocycles. The molecule has 5 nitrogen and oxygen atoms in total. The molecule has 1 aliphatic rings. The number of pyridine rings is 1. The first-order valence-corrected chi connectivity index (χ1v) is 8.03. The van der Waals surface area contributed by atoms with Gasteiger partial charge in [0.05, 0.1) is 18.4 Å². The summed E-state index contributed by atoms with van der Waals surface area (Å²) in [6.45, 7) is 2.27. The average molecular weight is 362 g/mol. The summed E-state index contributed by atoms with van der Waals surface area (Å²) in [5, 5.41) is 9.18. The highest BCUT2D eigenvalue weighted by Gasteiger charge is 2.33. The number of piperazine rings is 1. The maximum Gasteiger partial charge on any atom is 0.417 e. The molecule has 2 heterocycles. The van der Waals surface area contributed by atoms with E-state index in [2.05, 4.69) is 9.88 Å². The predicted octanol–water partition coefficient (Wildman–Crippen LogP) is 3.31. The standard InChI is InChI=1S/C18H17F3N4O/c1-26-15-4-2-14(3-5-15)24-6-8-25(9-7-24)17-10-13(18(19,20)21)12-23-16(17)11-22/h2-5,10,12H,6-9H2,1H3. The molecule has 0 atom stereocenters. The molecular weight excluding hydrogens is 345 g/mol. The summed E-state index contributed by atoms with van der Waals surface area (Å²) in [5.74, 6) is 0.765. The monoisotopic (exact) mass is 362 g/mol. The van der Waals surface area contributed by atoms with Gasteiger partial charge >= 0.3 is 6.18 Å². The minimum Gasteiger partial charge on any atom is -0.497 e. The molecule has 0 unspecified atom stereocenters. The van der Waals surface area contributed by atoms with Gasteiger partial charge in [-0.05, 0) is 30.3 Å². The third-order valence-electron chi connectivity index (χ3n) is 4.36. The first kappa shape index (κ1) is 17.9. The zero-order valence-electron chi connectivity index (χ0n) is 14.1. The van der Waals surface area contributed by atoms with E-state index in [-0.39, 0.29) is 11.4 Å². The normalized spacial score (nSPS) is 14.9.